The second-order valence-electron chi connectivity index (χ2n) is 3.30. The van der Waals surface area contributed by atoms with Gasteiger partial charge in [0.15, 0.2) is 5.78 Å². The van der Waals surface area contributed by atoms with Crippen molar-refractivity contribution in [3.8, 4) is 5.88 Å². The van der Waals surface area contributed by atoms with E-state index in [9.17, 15) is 9.59 Å². The van der Waals surface area contributed by atoms with Gasteiger partial charge in [0, 0.05) is 10.9 Å². The Labute approximate surface area is 90.8 Å². The van der Waals surface area contributed by atoms with Crippen molar-refractivity contribution in [3.05, 3.63) is 10.9 Å². The van der Waals surface area contributed by atoms with E-state index in [1.165, 1.54) is 16.4 Å². The maximum Gasteiger partial charge on any atom is 0.230 e. The van der Waals surface area contributed by atoms with Crippen LogP contribution in [0.5, 0.6) is 5.88 Å². The molecule has 2 heterocycles. The SMILES string of the molecule is COc1cc(CN2CC(=O)CC2=O)sn1. The second-order valence-corrected chi connectivity index (χ2v) is 4.19. The molecule has 5 nitrogen and oxygen atoms in total. The maximum absolute atomic E-state index is 11.3. The van der Waals surface area contributed by atoms with Gasteiger partial charge in [0.25, 0.3) is 0 Å². The van der Waals surface area contributed by atoms with E-state index in [0.717, 1.165) is 4.88 Å². The van der Waals surface area contributed by atoms with E-state index in [4.69, 9.17) is 4.74 Å². The Morgan fingerprint density at radius 2 is 2.40 bits per heavy atom. The Morgan fingerprint density at radius 1 is 1.60 bits per heavy atom. The fourth-order valence-corrected chi connectivity index (χ4v) is 2.14. The predicted octanol–water partition coefficient (Wildman–Crippen LogP) is 0.453. The van der Waals surface area contributed by atoms with E-state index in [2.05, 4.69) is 4.37 Å². The number of aromatic nitrogens is 1. The van der Waals surface area contributed by atoms with Crippen LogP contribution in [0.15, 0.2) is 6.07 Å². The quantitative estimate of drug-likeness (QED) is 0.702. The summed E-state index contributed by atoms with van der Waals surface area (Å²) in [5.74, 6) is 0.428. The number of ether oxygens (including phenoxy) is 1. The molecule has 1 saturated heterocycles. The number of carbonyl (C=O) groups excluding carboxylic acids is 2. The molecule has 80 valence electrons. The number of Topliss-reactive ketones (excluding diaryl/α,β-unsaturated/α-hetero) is 1. The number of carbonyl (C=O) groups is 2. The van der Waals surface area contributed by atoms with Crippen molar-refractivity contribution in [2.75, 3.05) is 13.7 Å². The number of ketones is 1. The van der Waals surface area contributed by atoms with Gasteiger partial charge in [-0.25, -0.2) is 0 Å². The summed E-state index contributed by atoms with van der Waals surface area (Å²) in [4.78, 5) is 24.8. The van der Waals surface area contributed by atoms with Crippen LogP contribution < -0.4 is 4.74 Å². The molecule has 0 saturated carbocycles. The largest absolute Gasteiger partial charge is 0.480 e. The summed E-state index contributed by atoms with van der Waals surface area (Å²) in [6.45, 7) is 0.671. The fourth-order valence-electron chi connectivity index (χ4n) is 1.43. The van der Waals surface area contributed by atoms with Gasteiger partial charge in [-0.3, -0.25) is 9.59 Å². The minimum atomic E-state index is -0.104. The van der Waals surface area contributed by atoms with E-state index in [1.54, 1.807) is 13.2 Å². The Morgan fingerprint density at radius 3 is 2.93 bits per heavy atom. The molecule has 1 aromatic rings. The van der Waals surface area contributed by atoms with Crippen molar-refractivity contribution < 1.29 is 14.3 Å². The molecule has 1 aliphatic heterocycles. The van der Waals surface area contributed by atoms with Crippen LogP contribution in [0.1, 0.15) is 11.3 Å². The third-order valence-electron chi connectivity index (χ3n) is 2.16. The monoisotopic (exact) mass is 226 g/mol. The molecular weight excluding hydrogens is 216 g/mol. The normalized spacial score (nSPS) is 16.2. The molecule has 1 amide bonds. The van der Waals surface area contributed by atoms with Crippen LogP contribution in [0, 0.1) is 0 Å². The molecule has 1 aliphatic rings. The number of nitrogens with zero attached hydrogens (tertiary/aromatic N) is 2. The average Bonchev–Trinajstić information content (AvgIpc) is 2.75. The molecule has 15 heavy (non-hydrogen) atoms. The van der Waals surface area contributed by atoms with Gasteiger partial charge >= 0.3 is 0 Å². The van der Waals surface area contributed by atoms with E-state index in [1.807, 2.05) is 0 Å². The van der Waals surface area contributed by atoms with E-state index in [-0.39, 0.29) is 24.7 Å². The molecular formula is C9H10N2O3S. The van der Waals surface area contributed by atoms with Crippen LogP contribution >= 0.6 is 11.5 Å². The highest BCUT2D eigenvalue weighted by Gasteiger charge is 2.27. The molecule has 0 aliphatic carbocycles. The molecule has 0 atom stereocenters. The predicted molar refractivity (Wildman–Crippen MR) is 53.7 cm³/mol. The highest BCUT2D eigenvalue weighted by Crippen LogP contribution is 2.19. The van der Waals surface area contributed by atoms with Crippen LogP contribution in [0.3, 0.4) is 0 Å². The molecule has 0 unspecified atom stereocenters. The number of hydrogen-bond donors (Lipinski definition) is 0. The van der Waals surface area contributed by atoms with E-state index in [0.29, 0.717) is 12.4 Å². The molecule has 0 aromatic carbocycles. The first-order chi connectivity index (χ1) is 7.19. The van der Waals surface area contributed by atoms with Crippen molar-refractivity contribution in [1.29, 1.82) is 0 Å². The Hall–Kier alpha value is -1.43. The summed E-state index contributed by atoms with van der Waals surface area (Å²) in [6, 6.07) is 1.78. The third-order valence-corrected chi connectivity index (χ3v) is 2.91. The zero-order valence-electron chi connectivity index (χ0n) is 8.23. The molecule has 0 spiro atoms. The second kappa shape index (κ2) is 3.98. The van der Waals surface area contributed by atoms with Crippen LogP contribution in [0.25, 0.3) is 0 Å². The lowest BCUT2D eigenvalue weighted by atomic mass is 10.3. The van der Waals surface area contributed by atoms with E-state index >= 15 is 0 Å². The lowest BCUT2D eigenvalue weighted by Gasteiger charge is -2.11. The summed E-state index contributed by atoms with van der Waals surface area (Å²) in [5, 5.41) is 0. The van der Waals surface area contributed by atoms with Crippen LogP contribution in [-0.4, -0.2) is 34.6 Å². The van der Waals surface area contributed by atoms with Crippen molar-refractivity contribution >= 4 is 23.2 Å². The van der Waals surface area contributed by atoms with Gasteiger partial charge in [-0.2, -0.15) is 4.37 Å². The molecule has 6 heteroatoms. The molecule has 1 fully saturated rings. The number of amides is 1. The van der Waals surface area contributed by atoms with E-state index < -0.39 is 0 Å². The topological polar surface area (TPSA) is 59.5 Å². The minimum absolute atomic E-state index is 0.0171. The Balaban J connectivity index is 2.02. The minimum Gasteiger partial charge on any atom is -0.480 e. The molecule has 0 radical (unpaired) electrons. The summed E-state index contributed by atoms with van der Waals surface area (Å²) in [5.41, 5.74) is 0. The molecule has 0 bridgehead atoms. The van der Waals surface area contributed by atoms with Gasteiger partial charge in [-0.1, -0.05) is 0 Å². The van der Waals surface area contributed by atoms with Gasteiger partial charge < -0.3 is 9.64 Å². The van der Waals surface area contributed by atoms with Crippen molar-refractivity contribution in [2.45, 2.75) is 13.0 Å². The Kier molecular flexibility index (Phi) is 2.68. The smallest absolute Gasteiger partial charge is 0.230 e. The maximum atomic E-state index is 11.3. The first-order valence-electron chi connectivity index (χ1n) is 4.48. The number of hydrogen-bond acceptors (Lipinski definition) is 5. The lowest BCUT2D eigenvalue weighted by molar-refractivity contribution is -0.128. The fraction of sp³-hybridized carbons (Fsp3) is 0.444. The van der Waals surface area contributed by atoms with Crippen molar-refractivity contribution in [1.82, 2.24) is 9.27 Å². The summed E-state index contributed by atoms with van der Waals surface area (Å²) in [6.07, 6.45) is 0.0376. The highest BCUT2D eigenvalue weighted by atomic mass is 32.1. The average molecular weight is 226 g/mol. The summed E-state index contributed by atoms with van der Waals surface area (Å²) in [7, 11) is 1.55. The van der Waals surface area contributed by atoms with Crippen molar-refractivity contribution in [2.24, 2.45) is 0 Å². The summed E-state index contributed by atoms with van der Waals surface area (Å²) >= 11 is 1.28. The zero-order valence-corrected chi connectivity index (χ0v) is 9.04. The molecule has 0 N–H and O–H groups in total. The first-order valence-corrected chi connectivity index (χ1v) is 5.25. The van der Waals surface area contributed by atoms with Gasteiger partial charge in [-0.15, -0.1) is 0 Å². The van der Waals surface area contributed by atoms with Gasteiger partial charge in [0.05, 0.1) is 26.6 Å². The van der Waals surface area contributed by atoms with Crippen LogP contribution in [-0.2, 0) is 16.1 Å². The van der Waals surface area contributed by atoms with Crippen molar-refractivity contribution in [3.63, 3.8) is 0 Å². The van der Waals surface area contributed by atoms with Gasteiger partial charge in [0.2, 0.25) is 11.8 Å². The number of methoxy groups -OCH3 is 1. The summed E-state index contributed by atoms with van der Waals surface area (Å²) < 4.78 is 8.95. The number of rotatable bonds is 3. The highest BCUT2D eigenvalue weighted by molar-refractivity contribution is 7.05. The van der Waals surface area contributed by atoms with Crippen LogP contribution in [0.4, 0.5) is 0 Å². The zero-order chi connectivity index (χ0) is 10.8. The van der Waals surface area contributed by atoms with Crippen LogP contribution in [0.2, 0.25) is 0 Å². The standard InChI is InChI=1S/C9H10N2O3S/c1-14-8-3-7(15-10-8)5-11-4-6(12)2-9(11)13/h3H,2,4-5H2,1H3. The Bertz CT molecular complexity index is 402. The number of likely N-dealkylation sites (tertiary alicyclic amines) is 1. The molecule has 2 rings (SSSR count). The lowest BCUT2D eigenvalue weighted by Crippen LogP contribution is -2.24. The first kappa shape index (κ1) is 10.1. The van der Waals surface area contributed by atoms with Gasteiger partial charge in [0.1, 0.15) is 0 Å². The third kappa shape index (κ3) is 2.15. The van der Waals surface area contributed by atoms with Gasteiger partial charge in [-0.05, 0) is 11.5 Å². The molecule has 1 aromatic heterocycles.